The van der Waals surface area contributed by atoms with E-state index in [0.29, 0.717) is 18.0 Å². The molecule has 3 fully saturated rings. The van der Waals surface area contributed by atoms with E-state index >= 15 is 0 Å². The Morgan fingerprint density at radius 1 is 1.24 bits per heavy atom. The number of piperazine rings is 1. The number of aliphatic hydroxyl groups excluding tert-OH is 1. The first kappa shape index (κ1) is 14.9. The molecule has 5 nitrogen and oxygen atoms in total. The first-order chi connectivity index (χ1) is 9.79. The Labute approximate surface area is 131 Å². The maximum absolute atomic E-state index is 9.32. The van der Waals surface area contributed by atoms with Gasteiger partial charge in [0.15, 0.2) is 0 Å². The zero-order chi connectivity index (χ0) is 13.5. The topological polar surface area (TPSA) is 57.6 Å². The van der Waals surface area contributed by atoms with E-state index in [2.05, 4.69) is 27.3 Å². The summed E-state index contributed by atoms with van der Waals surface area (Å²) in [5.41, 5.74) is 1.23. The third-order valence-electron chi connectivity index (χ3n) is 4.75. The van der Waals surface area contributed by atoms with Crippen LogP contribution in [0.5, 0.6) is 5.88 Å². The van der Waals surface area contributed by atoms with Crippen LogP contribution in [0.15, 0.2) is 18.3 Å². The van der Waals surface area contributed by atoms with Gasteiger partial charge in [-0.25, -0.2) is 4.98 Å². The summed E-state index contributed by atoms with van der Waals surface area (Å²) in [6, 6.07) is 5.35. The molecular formula is C15H22ClN3O2. The highest BCUT2D eigenvalue weighted by Crippen LogP contribution is 2.34. The summed E-state index contributed by atoms with van der Waals surface area (Å²) in [5, 5.41) is 12.8. The number of nitrogens with one attached hydrogen (secondary N) is 1. The standard InChI is InChI=1S/C15H21N3O2.ClH/c19-13-6-14(7-13)20-15-5-10(3-4-17-15)18-11-1-2-12(18)9-16-8-11;/h3-5,11-14,16,19H,1-2,6-9H2;1H. The van der Waals surface area contributed by atoms with E-state index in [-0.39, 0.29) is 24.6 Å². The number of pyridine rings is 1. The van der Waals surface area contributed by atoms with Crippen LogP contribution in [-0.4, -0.2) is 47.5 Å². The van der Waals surface area contributed by atoms with Gasteiger partial charge < -0.3 is 20.1 Å². The van der Waals surface area contributed by atoms with Gasteiger partial charge in [0.2, 0.25) is 5.88 Å². The van der Waals surface area contributed by atoms with Gasteiger partial charge in [-0.3, -0.25) is 0 Å². The minimum atomic E-state index is -0.188. The van der Waals surface area contributed by atoms with Crippen LogP contribution in [0.4, 0.5) is 5.69 Å². The second kappa shape index (κ2) is 5.99. The number of rotatable bonds is 3. The fourth-order valence-corrected chi connectivity index (χ4v) is 3.63. The van der Waals surface area contributed by atoms with Crippen molar-refractivity contribution in [3.8, 4) is 5.88 Å². The lowest BCUT2D eigenvalue weighted by Crippen LogP contribution is -2.52. The van der Waals surface area contributed by atoms with Crippen molar-refractivity contribution in [3.05, 3.63) is 18.3 Å². The zero-order valence-electron chi connectivity index (χ0n) is 11.9. The highest BCUT2D eigenvalue weighted by molar-refractivity contribution is 5.85. The van der Waals surface area contributed by atoms with Gasteiger partial charge in [0, 0.05) is 56.0 Å². The molecule has 116 valence electrons. The van der Waals surface area contributed by atoms with Gasteiger partial charge in [0.05, 0.1) is 6.10 Å². The van der Waals surface area contributed by atoms with Crippen LogP contribution in [0.25, 0.3) is 0 Å². The number of hydrogen-bond acceptors (Lipinski definition) is 5. The third-order valence-corrected chi connectivity index (χ3v) is 4.75. The molecule has 1 saturated carbocycles. The second-order valence-corrected chi connectivity index (χ2v) is 6.17. The largest absolute Gasteiger partial charge is 0.474 e. The van der Waals surface area contributed by atoms with Gasteiger partial charge >= 0.3 is 0 Å². The summed E-state index contributed by atoms with van der Waals surface area (Å²) in [6.07, 6.45) is 5.77. The number of hydrogen-bond donors (Lipinski definition) is 2. The van der Waals surface area contributed by atoms with Crippen molar-refractivity contribution in [2.45, 2.75) is 50.0 Å². The first-order valence-corrected chi connectivity index (χ1v) is 7.59. The maximum atomic E-state index is 9.32. The molecule has 1 aliphatic carbocycles. The van der Waals surface area contributed by atoms with Crippen LogP contribution in [0.1, 0.15) is 25.7 Å². The van der Waals surface area contributed by atoms with Gasteiger partial charge in [-0.1, -0.05) is 0 Å². The minimum Gasteiger partial charge on any atom is -0.474 e. The average Bonchev–Trinajstić information content (AvgIpc) is 2.67. The fraction of sp³-hybridized carbons (Fsp3) is 0.667. The molecule has 3 aliphatic rings. The molecule has 6 heteroatoms. The van der Waals surface area contributed by atoms with Crippen LogP contribution < -0.4 is 15.0 Å². The van der Waals surface area contributed by atoms with Crippen LogP contribution in [0.3, 0.4) is 0 Å². The molecule has 4 rings (SSSR count). The molecule has 2 bridgehead atoms. The quantitative estimate of drug-likeness (QED) is 0.882. The summed E-state index contributed by atoms with van der Waals surface area (Å²) >= 11 is 0. The number of anilines is 1. The molecule has 2 saturated heterocycles. The molecule has 0 aromatic carbocycles. The van der Waals surface area contributed by atoms with E-state index in [1.165, 1.54) is 18.5 Å². The van der Waals surface area contributed by atoms with Crippen LogP contribution in [-0.2, 0) is 0 Å². The lowest BCUT2D eigenvalue weighted by Gasteiger charge is -2.37. The molecule has 0 amide bonds. The Bertz CT molecular complexity index is 480. The van der Waals surface area contributed by atoms with Crippen LogP contribution >= 0.6 is 12.4 Å². The lowest BCUT2D eigenvalue weighted by molar-refractivity contribution is -0.0128. The minimum absolute atomic E-state index is 0. The van der Waals surface area contributed by atoms with Crippen molar-refractivity contribution in [1.29, 1.82) is 0 Å². The predicted molar refractivity (Wildman–Crippen MR) is 83.3 cm³/mol. The molecule has 21 heavy (non-hydrogen) atoms. The number of aromatic nitrogens is 1. The average molecular weight is 312 g/mol. The van der Waals surface area contributed by atoms with E-state index in [9.17, 15) is 5.11 Å². The van der Waals surface area contributed by atoms with Crippen molar-refractivity contribution in [2.24, 2.45) is 0 Å². The van der Waals surface area contributed by atoms with Gasteiger partial charge in [0.1, 0.15) is 6.10 Å². The molecule has 2 atom stereocenters. The highest BCUT2D eigenvalue weighted by atomic mass is 35.5. The monoisotopic (exact) mass is 311 g/mol. The van der Waals surface area contributed by atoms with Crippen LogP contribution in [0.2, 0.25) is 0 Å². The van der Waals surface area contributed by atoms with E-state index in [1.807, 2.05) is 6.20 Å². The summed E-state index contributed by atoms with van der Waals surface area (Å²) in [5.74, 6) is 0.692. The molecule has 1 aromatic heterocycles. The van der Waals surface area contributed by atoms with Gasteiger partial charge in [-0.2, -0.15) is 0 Å². The number of nitrogens with zero attached hydrogens (tertiary/aromatic N) is 2. The summed E-state index contributed by atoms with van der Waals surface area (Å²) in [6.45, 7) is 2.15. The van der Waals surface area contributed by atoms with Crippen molar-refractivity contribution in [3.63, 3.8) is 0 Å². The second-order valence-electron chi connectivity index (χ2n) is 6.17. The highest BCUT2D eigenvalue weighted by Gasteiger charge is 2.36. The Morgan fingerprint density at radius 3 is 2.62 bits per heavy atom. The molecule has 0 radical (unpaired) electrons. The predicted octanol–water partition coefficient (Wildman–Crippen LogP) is 1.35. The molecule has 1 aromatic rings. The van der Waals surface area contributed by atoms with Crippen molar-refractivity contribution < 1.29 is 9.84 Å². The molecule has 3 heterocycles. The molecule has 2 N–H and O–H groups in total. The van der Waals surface area contributed by atoms with Gasteiger partial charge in [0.25, 0.3) is 0 Å². The van der Waals surface area contributed by atoms with E-state index in [0.717, 1.165) is 25.9 Å². The SMILES string of the molecule is Cl.OC1CC(Oc2cc(N3C4CCC3CNC4)ccn2)C1. The molecule has 0 spiro atoms. The van der Waals surface area contributed by atoms with E-state index in [4.69, 9.17) is 4.74 Å². The Morgan fingerprint density at radius 2 is 1.95 bits per heavy atom. The Hall–Kier alpha value is -1.04. The van der Waals surface area contributed by atoms with E-state index in [1.54, 1.807) is 0 Å². The number of ether oxygens (including phenoxy) is 1. The smallest absolute Gasteiger partial charge is 0.215 e. The summed E-state index contributed by atoms with van der Waals surface area (Å²) < 4.78 is 5.83. The Balaban J connectivity index is 0.00000132. The lowest BCUT2D eigenvalue weighted by atomic mass is 9.92. The molecular weight excluding hydrogens is 290 g/mol. The maximum Gasteiger partial charge on any atom is 0.215 e. The van der Waals surface area contributed by atoms with Gasteiger partial charge in [-0.05, 0) is 18.9 Å². The fourth-order valence-electron chi connectivity index (χ4n) is 3.63. The zero-order valence-corrected chi connectivity index (χ0v) is 12.8. The number of aliphatic hydroxyl groups is 1. The number of halogens is 1. The van der Waals surface area contributed by atoms with E-state index < -0.39 is 0 Å². The summed E-state index contributed by atoms with van der Waals surface area (Å²) in [4.78, 5) is 6.83. The van der Waals surface area contributed by atoms with Crippen molar-refractivity contribution in [1.82, 2.24) is 10.3 Å². The van der Waals surface area contributed by atoms with Crippen molar-refractivity contribution in [2.75, 3.05) is 18.0 Å². The summed E-state index contributed by atoms with van der Waals surface area (Å²) in [7, 11) is 0. The third kappa shape index (κ3) is 2.82. The molecule has 2 aliphatic heterocycles. The normalized spacial score (nSPS) is 34.0. The van der Waals surface area contributed by atoms with Crippen molar-refractivity contribution >= 4 is 18.1 Å². The van der Waals surface area contributed by atoms with Crippen LogP contribution in [0, 0.1) is 0 Å². The van der Waals surface area contributed by atoms with Gasteiger partial charge in [-0.15, -0.1) is 12.4 Å². The number of fused-ring (bicyclic) bond motifs is 2. The first-order valence-electron chi connectivity index (χ1n) is 7.59. The Kier molecular flexibility index (Phi) is 4.24. The molecule has 2 unspecified atom stereocenters.